The molecular weight excluding hydrogens is 371 g/mol. The number of anilines is 2. The zero-order chi connectivity index (χ0) is 20.3. The van der Waals surface area contributed by atoms with Crippen LogP contribution in [0, 0.1) is 24.4 Å². The Morgan fingerprint density at radius 1 is 0.821 bits per heavy atom. The lowest BCUT2D eigenvalue weighted by Crippen LogP contribution is -2.19. The monoisotopic (exact) mass is 385 g/mol. The van der Waals surface area contributed by atoms with Crippen LogP contribution in [0.2, 0.25) is 0 Å². The normalized spacial score (nSPS) is 10.4. The molecule has 1 heterocycles. The summed E-state index contributed by atoms with van der Waals surface area (Å²) in [5, 5.41) is 4.76. The van der Waals surface area contributed by atoms with E-state index >= 15 is 0 Å². The van der Waals surface area contributed by atoms with Gasteiger partial charge in [0.2, 0.25) is 0 Å². The van der Waals surface area contributed by atoms with Crippen LogP contribution < -0.4 is 10.6 Å². The number of nitrogens with one attached hydrogen (secondary N) is 2. The Hall–Kier alpha value is -3.68. The number of benzene rings is 2. The van der Waals surface area contributed by atoms with Crippen LogP contribution in [0.25, 0.3) is 0 Å². The van der Waals surface area contributed by atoms with Crippen LogP contribution in [0.5, 0.6) is 0 Å². The molecule has 1 aromatic heterocycles. The van der Waals surface area contributed by atoms with Gasteiger partial charge in [-0.3, -0.25) is 9.59 Å². The highest BCUT2D eigenvalue weighted by molar-refractivity contribution is 6.06. The van der Waals surface area contributed by atoms with Gasteiger partial charge in [-0.2, -0.15) is 0 Å². The van der Waals surface area contributed by atoms with Gasteiger partial charge in [0.1, 0.15) is 11.4 Å². The van der Waals surface area contributed by atoms with Crippen LogP contribution >= 0.6 is 0 Å². The Kier molecular flexibility index (Phi) is 5.39. The van der Waals surface area contributed by atoms with Gasteiger partial charge >= 0.3 is 0 Å². The quantitative estimate of drug-likeness (QED) is 0.658. The summed E-state index contributed by atoms with van der Waals surface area (Å²) in [4.78, 5) is 28.5. The molecule has 2 aromatic carbocycles. The molecule has 0 fully saturated rings. The number of nitrogens with zero attached hydrogens (tertiary/aromatic N) is 1. The third kappa shape index (κ3) is 4.17. The minimum atomic E-state index is -1.70. The fourth-order valence-corrected chi connectivity index (χ4v) is 2.41. The topological polar surface area (TPSA) is 71.1 Å². The average Bonchev–Trinajstić information content (AvgIpc) is 2.68. The second kappa shape index (κ2) is 7.91. The van der Waals surface area contributed by atoms with Crippen molar-refractivity contribution in [1.29, 1.82) is 0 Å². The number of hydrogen-bond donors (Lipinski definition) is 2. The molecule has 2 N–H and O–H groups in total. The summed E-state index contributed by atoms with van der Waals surface area (Å²) in [5.74, 6) is -6.02. The van der Waals surface area contributed by atoms with Crippen LogP contribution in [0.15, 0.2) is 54.6 Å². The predicted octanol–water partition coefficient (Wildman–Crippen LogP) is 4.31. The number of halogens is 3. The van der Waals surface area contributed by atoms with E-state index in [-0.39, 0.29) is 11.4 Å². The van der Waals surface area contributed by atoms with Crippen LogP contribution in [-0.2, 0) is 0 Å². The molecule has 0 unspecified atom stereocenters. The summed E-state index contributed by atoms with van der Waals surface area (Å²) in [6, 6.07) is 12.8. The summed E-state index contributed by atoms with van der Waals surface area (Å²) in [6.07, 6.45) is 0. The molecule has 0 bridgehead atoms. The number of aromatic nitrogens is 1. The molecule has 0 aliphatic carbocycles. The number of pyridine rings is 1. The standard InChI is InChI=1S/C20H14F3N3O2/c1-11-4-2-5-12(10-11)24-19(27)15-6-3-7-16(25-15)20(28)26-14-9-8-13(21)17(22)18(14)23/h2-10H,1H3,(H,24,27)(H,26,28). The van der Waals surface area contributed by atoms with E-state index in [0.717, 1.165) is 11.6 Å². The number of carbonyl (C=O) groups is 2. The largest absolute Gasteiger partial charge is 0.321 e. The van der Waals surface area contributed by atoms with Gasteiger partial charge < -0.3 is 10.6 Å². The summed E-state index contributed by atoms with van der Waals surface area (Å²) >= 11 is 0. The lowest BCUT2D eigenvalue weighted by Gasteiger charge is -2.09. The molecule has 3 aromatic rings. The van der Waals surface area contributed by atoms with Crippen LogP contribution in [0.4, 0.5) is 24.5 Å². The second-order valence-corrected chi connectivity index (χ2v) is 5.91. The molecule has 0 saturated heterocycles. The first kappa shape index (κ1) is 19.1. The Bertz CT molecular complexity index is 1070. The van der Waals surface area contributed by atoms with Gasteiger partial charge in [-0.1, -0.05) is 18.2 Å². The first-order chi connectivity index (χ1) is 13.3. The van der Waals surface area contributed by atoms with E-state index in [1.807, 2.05) is 13.0 Å². The molecule has 0 aliphatic heterocycles. The van der Waals surface area contributed by atoms with E-state index in [2.05, 4.69) is 15.6 Å². The fourth-order valence-electron chi connectivity index (χ4n) is 2.41. The number of carbonyl (C=O) groups excluding carboxylic acids is 2. The summed E-state index contributed by atoms with van der Waals surface area (Å²) in [6.45, 7) is 1.87. The molecule has 0 spiro atoms. The van der Waals surface area contributed by atoms with Crippen molar-refractivity contribution in [3.8, 4) is 0 Å². The molecule has 142 valence electrons. The molecule has 8 heteroatoms. The molecule has 0 aliphatic rings. The van der Waals surface area contributed by atoms with Crippen molar-refractivity contribution in [3.05, 3.63) is 89.0 Å². The van der Waals surface area contributed by atoms with Crippen molar-refractivity contribution in [2.75, 3.05) is 10.6 Å². The van der Waals surface area contributed by atoms with E-state index in [9.17, 15) is 22.8 Å². The van der Waals surface area contributed by atoms with E-state index in [4.69, 9.17) is 0 Å². The minimum Gasteiger partial charge on any atom is -0.321 e. The van der Waals surface area contributed by atoms with Crippen molar-refractivity contribution in [2.45, 2.75) is 6.92 Å². The lowest BCUT2D eigenvalue weighted by molar-refractivity contribution is 0.101. The van der Waals surface area contributed by atoms with Crippen LogP contribution in [0.3, 0.4) is 0 Å². The molecule has 28 heavy (non-hydrogen) atoms. The first-order valence-corrected chi connectivity index (χ1v) is 8.15. The Balaban J connectivity index is 1.78. The van der Waals surface area contributed by atoms with Gasteiger partial charge in [-0.25, -0.2) is 18.2 Å². The van der Waals surface area contributed by atoms with Crippen molar-refractivity contribution >= 4 is 23.2 Å². The second-order valence-electron chi connectivity index (χ2n) is 5.91. The SMILES string of the molecule is Cc1cccc(NC(=O)c2cccc(C(=O)Nc3ccc(F)c(F)c3F)n2)c1. The van der Waals surface area contributed by atoms with Crippen LogP contribution in [0.1, 0.15) is 26.5 Å². The van der Waals surface area contributed by atoms with Crippen molar-refractivity contribution < 1.29 is 22.8 Å². The van der Waals surface area contributed by atoms with Crippen LogP contribution in [-0.4, -0.2) is 16.8 Å². The third-order valence-corrected chi connectivity index (χ3v) is 3.77. The van der Waals surface area contributed by atoms with Crippen molar-refractivity contribution in [3.63, 3.8) is 0 Å². The number of hydrogen-bond acceptors (Lipinski definition) is 3. The highest BCUT2D eigenvalue weighted by Crippen LogP contribution is 2.20. The summed E-state index contributed by atoms with van der Waals surface area (Å²) < 4.78 is 40.0. The zero-order valence-electron chi connectivity index (χ0n) is 14.6. The van der Waals surface area contributed by atoms with Crippen molar-refractivity contribution in [2.24, 2.45) is 0 Å². The fraction of sp³-hybridized carbons (Fsp3) is 0.0500. The third-order valence-electron chi connectivity index (χ3n) is 3.77. The number of aryl methyl sites for hydroxylation is 1. The summed E-state index contributed by atoms with van der Waals surface area (Å²) in [7, 11) is 0. The minimum absolute atomic E-state index is 0.0417. The maximum absolute atomic E-state index is 13.7. The Morgan fingerprint density at radius 3 is 2.14 bits per heavy atom. The van der Waals surface area contributed by atoms with Gasteiger partial charge in [-0.05, 0) is 48.9 Å². The predicted molar refractivity (Wildman–Crippen MR) is 97.6 cm³/mol. The molecule has 0 radical (unpaired) electrons. The number of rotatable bonds is 4. The maximum atomic E-state index is 13.7. The first-order valence-electron chi connectivity index (χ1n) is 8.15. The Morgan fingerprint density at radius 2 is 1.46 bits per heavy atom. The molecular formula is C20H14F3N3O2. The highest BCUT2D eigenvalue weighted by atomic mass is 19.2. The van der Waals surface area contributed by atoms with E-state index in [0.29, 0.717) is 11.8 Å². The Labute approximate surface area is 158 Å². The van der Waals surface area contributed by atoms with Gasteiger partial charge in [0.25, 0.3) is 11.8 Å². The summed E-state index contributed by atoms with van der Waals surface area (Å²) in [5.41, 5.74) is 0.735. The van der Waals surface area contributed by atoms with E-state index in [1.54, 1.807) is 18.2 Å². The molecule has 0 atom stereocenters. The van der Waals surface area contributed by atoms with Crippen molar-refractivity contribution in [1.82, 2.24) is 4.98 Å². The number of amides is 2. The van der Waals surface area contributed by atoms with E-state index < -0.39 is 35.0 Å². The molecule has 3 rings (SSSR count). The molecule has 5 nitrogen and oxygen atoms in total. The average molecular weight is 385 g/mol. The van der Waals surface area contributed by atoms with Gasteiger partial charge in [0, 0.05) is 5.69 Å². The smallest absolute Gasteiger partial charge is 0.274 e. The highest BCUT2D eigenvalue weighted by Gasteiger charge is 2.18. The molecule has 2 amide bonds. The lowest BCUT2D eigenvalue weighted by atomic mass is 10.2. The van der Waals surface area contributed by atoms with E-state index in [1.165, 1.54) is 18.2 Å². The van der Waals surface area contributed by atoms with Gasteiger partial charge in [0.05, 0.1) is 5.69 Å². The van der Waals surface area contributed by atoms with Gasteiger partial charge in [0.15, 0.2) is 17.5 Å². The maximum Gasteiger partial charge on any atom is 0.274 e. The zero-order valence-corrected chi connectivity index (χ0v) is 14.6. The van der Waals surface area contributed by atoms with Gasteiger partial charge in [-0.15, -0.1) is 0 Å². The molecule has 0 saturated carbocycles.